The van der Waals surface area contributed by atoms with Crippen LogP contribution in [0.2, 0.25) is 0 Å². The first-order chi connectivity index (χ1) is 11.3. The second-order valence-electron chi connectivity index (χ2n) is 6.88. The molecule has 1 atom stereocenters. The molecular weight excluding hydrogens is 340 g/mol. The van der Waals surface area contributed by atoms with Gasteiger partial charge < -0.3 is 10.2 Å². The number of benzene rings is 1. The molecule has 128 valence electrons. The molecule has 0 radical (unpaired) electrons. The van der Waals surface area contributed by atoms with E-state index in [1.807, 2.05) is 30.0 Å². The number of nitrogens with one attached hydrogen (secondary N) is 1. The highest BCUT2D eigenvalue weighted by atomic mass is 32.2. The Labute approximate surface area is 150 Å². The molecule has 1 unspecified atom stereocenters. The zero-order valence-electron chi connectivity index (χ0n) is 14.4. The summed E-state index contributed by atoms with van der Waals surface area (Å²) >= 11 is 2.97. The molecule has 0 aliphatic carbocycles. The molecule has 3 rings (SSSR count). The van der Waals surface area contributed by atoms with Crippen molar-refractivity contribution in [2.75, 3.05) is 16.8 Å². The number of thioether (sulfide) groups is 1. The van der Waals surface area contributed by atoms with E-state index in [1.54, 1.807) is 0 Å². The van der Waals surface area contributed by atoms with Crippen LogP contribution in [0.1, 0.15) is 33.3 Å². The normalized spacial score (nSPS) is 15.2. The van der Waals surface area contributed by atoms with Crippen molar-refractivity contribution in [1.82, 2.24) is 10.2 Å². The van der Waals surface area contributed by atoms with Crippen LogP contribution in [0.15, 0.2) is 28.6 Å². The van der Waals surface area contributed by atoms with Gasteiger partial charge >= 0.3 is 0 Å². The summed E-state index contributed by atoms with van der Waals surface area (Å²) in [4.78, 5) is 14.7. The third kappa shape index (κ3) is 3.89. The van der Waals surface area contributed by atoms with Crippen molar-refractivity contribution >= 4 is 39.8 Å². The maximum Gasteiger partial charge on any atom is 0.240 e. The fraction of sp³-hybridized carbons (Fsp3) is 0.471. The zero-order valence-corrected chi connectivity index (χ0v) is 16.0. The largest absolute Gasteiger partial charge is 0.355 e. The van der Waals surface area contributed by atoms with Gasteiger partial charge in [0.1, 0.15) is 0 Å². The van der Waals surface area contributed by atoms with Crippen molar-refractivity contribution < 1.29 is 4.79 Å². The van der Waals surface area contributed by atoms with Crippen LogP contribution in [0.25, 0.3) is 0 Å². The second kappa shape index (κ2) is 6.72. The Bertz CT molecular complexity index is 738. The predicted molar refractivity (Wildman–Crippen MR) is 101 cm³/mol. The van der Waals surface area contributed by atoms with Crippen molar-refractivity contribution in [3.8, 4) is 0 Å². The number of amides is 1. The predicted octanol–water partition coefficient (Wildman–Crippen LogP) is 3.82. The average molecular weight is 363 g/mol. The van der Waals surface area contributed by atoms with Crippen LogP contribution < -0.4 is 10.2 Å². The van der Waals surface area contributed by atoms with E-state index in [1.165, 1.54) is 28.7 Å². The molecule has 24 heavy (non-hydrogen) atoms. The Morgan fingerprint density at radius 2 is 2.08 bits per heavy atom. The van der Waals surface area contributed by atoms with Gasteiger partial charge in [0.25, 0.3) is 0 Å². The Hall–Kier alpha value is -1.60. The topological polar surface area (TPSA) is 58.1 Å². The number of aromatic nitrogens is 2. The molecule has 2 aromatic rings. The maximum atomic E-state index is 12.8. The Balaban J connectivity index is 1.65. The van der Waals surface area contributed by atoms with Crippen LogP contribution in [0.3, 0.4) is 0 Å². The number of carbonyl (C=O) groups excluding carboxylic acids is 1. The average Bonchev–Trinajstić information content (AvgIpc) is 3.11. The van der Waals surface area contributed by atoms with E-state index < -0.39 is 0 Å². The van der Waals surface area contributed by atoms with E-state index in [0.29, 0.717) is 0 Å². The maximum absolute atomic E-state index is 12.8. The van der Waals surface area contributed by atoms with E-state index in [-0.39, 0.29) is 16.7 Å². The summed E-state index contributed by atoms with van der Waals surface area (Å²) in [6.45, 7) is 8.94. The minimum Gasteiger partial charge on any atom is -0.355 e. The number of anilines is 2. The minimum atomic E-state index is -0.188. The van der Waals surface area contributed by atoms with Gasteiger partial charge in [-0.05, 0) is 45.7 Å². The fourth-order valence-corrected chi connectivity index (χ4v) is 4.78. The molecule has 1 amide bonds. The smallest absolute Gasteiger partial charge is 0.240 e. The van der Waals surface area contributed by atoms with Crippen molar-refractivity contribution in [3.05, 3.63) is 29.8 Å². The quantitative estimate of drug-likeness (QED) is 0.838. The third-order valence-electron chi connectivity index (χ3n) is 3.67. The molecule has 5 nitrogen and oxygen atoms in total. The summed E-state index contributed by atoms with van der Waals surface area (Å²) in [5.74, 6) is 0.130. The Kier molecular flexibility index (Phi) is 4.83. The zero-order chi connectivity index (χ0) is 17.3. The van der Waals surface area contributed by atoms with E-state index in [4.69, 9.17) is 0 Å². The summed E-state index contributed by atoms with van der Waals surface area (Å²) in [5, 5.41) is 12.3. The Morgan fingerprint density at radius 3 is 2.83 bits per heavy atom. The first-order valence-electron chi connectivity index (χ1n) is 8.01. The third-order valence-corrected chi connectivity index (χ3v) is 5.68. The number of nitrogens with zero attached hydrogens (tertiary/aromatic N) is 3. The summed E-state index contributed by atoms with van der Waals surface area (Å²) < 4.78 is 0.815. The first kappa shape index (κ1) is 17.2. The number of carbonyl (C=O) groups is 1. The van der Waals surface area contributed by atoms with Gasteiger partial charge in [-0.25, -0.2) is 0 Å². The van der Waals surface area contributed by atoms with Gasteiger partial charge in [0.05, 0.1) is 5.25 Å². The summed E-state index contributed by atoms with van der Waals surface area (Å²) in [5.41, 5.74) is 2.24. The van der Waals surface area contributed by atoms with E-state index in [2.05, 4.69) is 42.4 Å². The molecule has 0 saturated heterocycles. The van der Waals surface area contributed by atoms with Crippen molar-refractivity contribution in [3.63, 3.8) is 0 Å². The van der Waals surface area contributed by atoms with Crippen LogP contribution >= 0.6 is 23.1 Å². The SMILES string of the molecule is CC(Sc1nnc(NC(C)(C)C)s1)C(=O)N1CCc2ccccc21. The molecule has 1 N–H and O–H groups in total. The molecule has 1 aromatic heterocycles. The van der Waals surface area contributed by atoms with Crippen LogP contribution in [0, 0.1) is 0 Å². The highest BCUT2D eigenvalue weighted by Gasteiger charge is 2.29. The summed E-state index contributed by atoms with van der Waals surface area (Å²) in [7, 11) is 0. The summed E-state index contributed by atoms with van der Waals surface area (Å²) in [6, 6.07) is 8.12. The fourth-order valence-electron chi connectivity index (χ4n) is 2.62. The van der Waals surface area contributed by atoms with Crippen molar-refractivity contribution in [2.24, 2.45) is 0 Å². The van der Waals surface area contributed by atoms with Crippen LogP contribution in [-0.4, -0.2) is 33.4 Å². The molecule has 0 bridgehead atoms. The lowest BCUT2D eigenvalue weighted by Crippen LogP contribution is -2.35. The van der Waals surface area contributed by atoms with E-state index in [9.17, 15) is 4.79 Å². The van der Waals surface area contributed by atoms with E-state index >= 15 is 0 Å². The van der Waals surface area contributed by atoms with Gasteiger partial charge in [-0.2, -0.15) is 0 Å². The molecule has 0 fully saturated rings. The number of para-hydroxylation sites is 1. The Morgan fingerprint density at radius 1 is 1.33 bits per heavy atom. The van der Waals surface area contributed by atoms with Crippen LogP contribution in [0.4, 0.5) is 10.8 Å². The van der Waals surface area contributed by atoms with Gasteiger partial charge in [0, 0.05) is 17.8 Å². The minimum absolute atomic E-state index is 0.0534. The molecule has 1 aliphatic heterocycles. The first-order valence-corrected chi connectivity index (χ1v) is 9.71. The standard InChI is InChI=1S/C17H22N4OS2/c1-11(23-16-20-19-15(24-16)18-17(2,3)4)14(22)21-10-9-12-7-5-6-8-13(12)21/h5-8,11H,9-10H2,1-4H3,(H,18,19). The number of hydrogen-bond acceptors (Lipinski definition) is 6. The van der Waals surface area contributed by atoms with Crippen LogP contribution in [-0.2, 0) is 11.2 Å². The number of hydrogen-bond donors (Lipinski definition) is 1. The molecule has 1 aliphatic rings. The monoisotopic (exact) mass is 362 g/mol. The number of fused-ring (bicyclic) bond motifs is 1. The van der Waals surface area contributed by atoms with E-state index in [0.717, 1.165) is 28.1 Å². The van der Waals surface area contributed by atoms with Gasteiger partial charge in [-0.1, -0.05) is 41.3 Å². The van der Waals surface area contributed by atoms with Crippen molar-refractivity contribution in [1.29, 1.82) is 0 Å². The van der Waals surface area contributed by atoms with Gasteiger partial charge in [-0.15, -0.1) is 10.2 Å². The van der Waals surface area contributed by atoms with Gasteiger partial charge in [-0.3, -0.25) is 4.79 Å². The lowest BCUT2D eigenvalue weighted by atomic mass is 10.1. The molecule has 0 spiro atoms. The molecular formula is C17H22N4OS2. The molecule has 0 saturated carbocycles. The van der Waals surface area contributed by atoms with Crippen LogP contribution in [0.5, 0.6) is 0 Å². The number of rotatable bonds is 4. The highest BCUT2D eigenvalue weighted by molar-refractivity contribution is 8.02. The highest BCUT2D eigenvalue weighted by Crippen LogP contribution is 2.33. The molecule has 7 heteroatoms. The lowest BCUT2D eigenvalue weighted by molar-refractivity contribution is -0.117. The summed E-state index contributed by atoms with van der Waals surface area (Å²) in [6.07, 6.45) is 0.928. The van der Waals surface area contributed by atoms with Crippen molar-refractivity contribution in [2.45, 2.75) is 49.2 Å². The molecule has 2 heterocycles. The lowest BCUT2D eigenvalue weighted by Gasteiger charge is -2.20. The molecule has 1 aromatic carbocycles. The second-order valence-corrected chi connectivity index (χ2v) is 9.44. The van der Waals surface area contributed by atoms with Gasteiger partial charge in [0.15, 0.2) is 4.34 Å². The van der Waals surface area contributed by atoms with Gasteiger partial charge in [0.2, 0.25) is 11.0 Å².